The van der Waals surface area contributed by atoms with Crippen LogP contribution in [-0.2, 0) is 0 Å². The lowest BCUT2D eigenvalue weighted by Gasteiger charge is -2.29. The Morgan fingerprint density at radius 3 is 2.42 bits per heavy atom. The molecule has 6 heteroatoms. The molecule has 26 heavy (non-hydrogen) atoms. The molecule has 2 aromatic carbocycles. The van der Waals surface area contributed by atoms with Crippen LogP contribution in [0.4, 0.5) is 10.1 Å². The van der Waals surface area contributed by atoms with Crippen molar-refractivity contribution in [3.63, 3.8) is 0 Å². The molecule has 0 atom stereocenters. The van der Waals surface area contributed by atoms with Crippen LogP contribution in [0, 0.1) is 5.82 Å². The van der Waals surface area contributed by atoms with E-state index in [0.29, 0.717) is 21.1 Å². The summed E-state index contributed by atoms with van der Waals surface area (Å²) in [4.78, 5) is 14.3. The first-order valence-corrected chi connectivity index (χ1v) is 9.44. The summed E-state index contributed by atoms with van der Waals surface area (Å²) >= 11 is 3.24. The summed E-state index contributed by atoms with van der Waals surface area (Å²) in [6, 6.07) is 12.5. The molecule has 2 heterocycles. The van der Waals surface area contributed by atoms with E-state index in [1.54, 1.807) is 10.6 Å². The number of benzene rings is 2. The lowest BCUT2D eigenvalue weighted by atomic mass is 10.1. The van der Waals surface area contributed by atoms with Crippen molar-refractivity contribution in [1.29, 1.82) is 0 Å². The molecule has 1 aliphatic heterocycles. The number of anilines is 1. The maximum atomic E-state index is 14.3. The number of para-hydroxylation sites is 1. The summed E-state index contributed by atoms with van der Waals surface area (Å²) in [6.45, 7) is 1.57. The van der Waals surface area contributed by atoms with Crippen molar-refractivity contribution < 1.29 is 14.3 Å². The van der Waals surface area contributed by atoms with Crippen LogP contribution in [0.1, 0.15) is 29.8 Å². The fourth-order valence-corrected chi connectivity index (χ4v) is 4.08. The van der Waals surface area contributed by atoms with Gasteiger partial charge in [-0.25, -0.2) is 9.18 Å². The number of carboxylic acids is 1. The van der Waals surface area contributed by atoms with E-state index in [1.807, 2.05) is 30.3 Å². The molecule has 1 N–H and O–H groups in total. The molecule has 4 rings (SSSR count). The highest BCUT2D eigenvalue weighted by molar-refractivity contribution is 9.10. The largest absolute Gasteiger partial charge is 0.476 e. The molecule has 0 radical (unpaired) electrons. The number of hydrogen-bond donors (Lipinski definition) is 1. The zero-order valence-corrected chi connectivity index (χ0v) is 15.7. The van der Waals surface area contributed by atoms with Crippen LogP contribution in [0.5, 0.6) is 0 Å². The van der Waals surface area contributed by atoms with Gasteiger partial charge in [0.2, 0.25) is 0 Å². The minimum atomic E-state index is -1.01. The molecule has 1 aromatic heterocycles. The Morgan fingerprint density at radius 2 is 1.77 bits per heavy atom. The van der Waals surface area contributed by atoms with Crippen LogP contribution < -0.4 is 4.90 Å². The summed E-state index contributed by atoms with van der Waals surface area (Å²) in [5, 5.41) is 10.7. The Kier molecular flexibility index (Phi) is 4.44. The van der Waals surface area contributed by atoms with Crippen molar-refractivity contribution in [2.24, 2.45) is 0 Å². The van der Waals surface area contributed by atoms with E-state index in [0.717, 1.165) is 38.0 Å². The van der Waals surface area contributed by atoms with E-state index in [-0.39, 0.29) is 5.69 Å². The van der Waals surface area contributed by atoms with Crippen molar-refractivity contribution in [3.05, 3.63) is 58.4 Å². The summed E-state index contributed by atoms with van der Waals surface area (Å²) in [5.41, 5.74) is 2.23. The standard InChI is InChI=1S/C20H18BrFN2O2/c21-15-12-17-14(11-16(15)22)18(23-9-5-2-6-10-23)19(20(25)26)24(17)13-7-3-1-4-8-13/h1,3-4,7-8,11-12H,2,5-6,9-10H2,(H,25,26). The summed E-state index contributed by atoms with van der Waals surface area (Å²) in [6.07, 6.45) is 3.16. The second-order valence-corrected chi connectivity index (χ2v) is 7.36. The Balaban J connectivity index is 2.10. The van der Waals surface area contributed by atoms with Crippen LogP contribution in [0.3, 0.4) is 0 Å². The fourth-order valence-electron chi connectivity index (χ4n) is 3.74. The van der Waals surface area contributed by atoms with Crippen LogP contribution >= 0.6 is 15.9 Å². The first-order chi connectivity index (χ1) is 12.6. The summed E-state index contributed by atoms with van der Waals surface area (Å²) in [5.74, 6) is -1.40. The number of halogens is 2. The number of piperidine rings is 1. The van der Waals surface area contributed by atoms with Gasteiger partial charge in [0.25, 0.3) is 0 Å². The maximum Gasteiger partial charge on any atom is 0.355 e. The Bertz CT molecular complexity index is 979. The Hall–Kier alpha value is -2.34. The van der Waals surface area contributed by atoms with E-state index in [9.17, 15) is 14.3 Å². The van der Waals surface area contributed by atoms with E-state index in [4.69, 9.17) is 0 Å². The van der Waals surface area contributed by atoms with Gasteiger partial charge in [-0.1, -0.05) is 18.2 Å². The Morgan fingerprint density at radius 1 is 1.08 bits per heavy atom. The van der Waals surface area contributed by atoms with Gasteiger partial charge in [-0.15, -0.1) is 0 Å². The topological polar surface area (TPSA) is 45.5 Å². The molecule has 1 fully saturated rings. The SMILES string of the molecule is O=C(O)c1c(N2CCCCC2)c2cc(F)c(Br)cc2n1-c1ccccc1. The van der Waals surface area contributed by atoms with Crippen LogP contribution in [-0.4, -0.2) is 28.7 Å². The van der Waals surface area contributed by atoms with Gasteiger partial charge in [-0.2, -0.15) is 0 Å². The smallest absolute Gasteiger partial charge is 0.355 e. The molecule has 0 spiro atoms. The highest BCUT2D eigenvalue weighted by atomic mass is 79.9. The number of hydrogen-bond acceptors (Lipinski definition) is 2. The Labute approximate surface area is 159 Å². The number of carboxylic acid groups (broad SMARTS) is 1. The van der Waals surface area contributed by atoms with Gasteiger partial charge >= 0.3 is 5.97 Å². The minimum absolute atomic E-state index is 0.186. The lowest BCUT2D eigenvalue weighted by Crippen LogP contribution is -2.30. The predicted molar refractivity (Wildman–Crippen MR) is 104 cm³/mol. The maximum absolute atomic E-state index is 14.3. The number of fused-ring (bicyclic) bond motifs is 1. The third kappa shape index (κ3) is 2.78. The molecule has 0 saturated carbocycles. The van der Waals surface area contributed by atoms with E-state index < -0.39 is 11.8 Å². The second-order valence-electron chi connectivity index (χ2n) is 6.50. The monoisotopic (exact) mass is 416 g/mol. The van der Waals surface area contributed by atoms with Gasteiger partial charge in [-0.3, -0.25) is 0 Å². The summed E-state index contributed by atoms with van der Waals surface area (Å²) < 4.78 is 16.4. The van der Waals surface area contributed by atoms with Crippen molar-refractivity contribution in [1.82, 2.24) is 4.57 Å². The van der Waals surface area contributed by atoms with Crippen molar-refractivity contribution in [2.45, 2.75) is 19.3 Å². The van der Waals surface area contributed by atoms with Crippen molar-refractivity contribution >= 4 is 38.5 Å². The molecule has 4 nitrogen and oxygen atoms in total. The number of carbonyl (C=O) groups is 1. The predicted octanol–water partition coefficient (Wildman–Crippen LogP) is 5.22. The van der Waals surface area contributed by atoms with Crippen LogP contribution in [0.25, 0.3) is 16.6 Å². The first-order valence-electron chi connectivity index (χ1n) is 8.65. The molecule has 0 aliphatic carbocycles. The summed E-state index contributed by atoms with van der Waals surface area (Å²) in [7, 11) is 0. The van der Waals surface area contributed by atoms with E-state index >= 15 is 0 Å². The number of nitrogens with zero attached hydrogens (tertiary/aromatic N) is 2. The third-order valence-corrected chi connectivity index (χ3v) is 5.48. The van der Waals surface area contributed by atoms with Gasteiger partial charge < -0.3 is 14.6 Å². The fraction of sp³-hybridized carbons (Fsp3) is 0.250. The second kappa shape index (κ2) is 6.76. The number of aromatic nitrogens is 1. The molecule has 3 aromatic rings. The quantitative estimate of drug-likeness (QED) is 0.636. The van der Waals surface area contributed by atoms with Crippen molar-refractivity contribution in [2.75, 3.05) is 18.0 Å². The zero-order valence-electron chi connectivity index (χ0n) is 14.1. The highest BCUT2D eigenvalue weighted by Crippen LogP contribution is 2.39. The molecule has 0 unspecified atom stereocenters. The molecule has 1 saturated heterocycles. The highest BCUT2D eigenvalue weighted by Gasteiger charge is 2.28. The average Bonchev–Trinajstić information content (AvgIpc) is 2.98. The van der Waals surface area contributed by atoms with Gasteiger partial charge in [0.15, 0.2) is 5.69 Å². The van der Waals surface area contributed by atoms with Gasteiger partial charge in [0.1, 0.15) is 5.82 Å². The van der Waals surface area contributed by atoms with Crippen molar-refractivity contribution in [3.8, 4) is 5.69 Å². The number of aromatic carboxylic acids is 1. The van der Waals surface area contributed by atoms with E-state index in [1.165, 1.54) is 6.07 Å². The van der Waals surface area contributed by atoms with E-state index in [2.05, 4.69) is 20.8 Å². The minimum Gasteiger partial charge on any atom is -0.476 e. The van der Waals surface area contributed by atoms with Gasteiger partial charge in [0.05, 0.1) is 15.7 Å². The molecule has 1 aliphatic rings. The average molecular weight is 417 g/mol. The van der Waals surface area contributed by atoms with Crippen LogP contribution in [0.15, 0.2) is 46.9 Å². The molecule has 134 valence electrons. The molecular formula is C20H18BrFN2O2. The molecular weight excluding hydrogens is 399 g/mol. The molecule has 0 amide bonds. The lowest BCUT2D eigenvalue weighted by molar-refractivity contribution is 0.0689. The number of rotatable bonds is 3. The zero-order chi connectivity index (χ0) is 18.3. The van der Waals surface area contributed by atoms with Crippen LogP contribution in [0.2, 0.25) is 0 Å². The molecule has 0 bridgehead atoms. The van der Waals surface area contributed by atoms with Gasteiger partial charge in [-0.05, 0) is 59.5 Å². The normalized spacial score (nSPS) is 14.8. The first kappa shape index (κ1) is 17.1. The van der Waals surface area contributed by atoms with Gasteiger partial charge in [0, 0.05) is 24.2 Å². The third-order valence-electron chi connectivity index (χ3n) is 4.87.